The van der Waals surface area contributed by atoms with E-state index < -0.39 is 69.5 Å². The highest BCUT2D eigenvalue weighted by atomic mass is 31.2. The summed E-state index contributed by atoms with van der Waals surface area (Å²) < 4.78 is 53.8. The van der Waals surface area contributed by atoms with Crippen LogP contribution in [-0.4, -0.2) is 60.4 Å². The lowest BCUT2D eigenvalue weighted by atomic mass is 10.2. The standard InChI is InChI=1S/C19H29N2O13P/c1-12(2)32-18(24)27-10-30-35(26,31-11-28-19(25)33-13(3)4)29-9-14-5-6-16(34-14)21-8-7-15(22)20-17(21)23/h7-8,12-14,16H,5-6,9-11H2,1-4H3,(H,20,22,23). The van der Waals surface area contributed by atoms with Crippen molar-refractivity contribution in [3.63, 3.8) is 0 Å². The summed E-state index contributed by atoms with van der Waals surface area (Å²) in [5.41, 5.74) is -1.18. The van der Waals surface area contributed by atoms with E-state index in [0.717, 1.165) is 0 Å². The molecule has 35 heavy (non-hydrogen) atoms. The molecular weight excluding hydrogens is 495 g/mol. The Labute approximate surface area is 200 Å². The molecule has 1 aromatic rings. The van der Waals surface area contributed by atoms with E-state index in [1.807, 2.05) is 0 Å². The van der Waals surface area contributed by atoms with Crippen LogP contribution in [-0.2, 0) is 41.8 Å². The lowest BCUT2D eigenvalue weighted by Gasteiger charge is -2.20. The summed E-state index contributed by atoms with van der Waals surface area (Å²) in [7, 11) is -4.42. The van der Waals surface area contributed by atoms with Crippen LogP contribution >= 0.6 is 7.82 Å². The average molecular weight is 524 g/mol. The quantitative estimate of drug-likeness (QED) is 0.239. The molecule has 0 aliphatic carbocycles. The van der Waals surface area contributed by atoms with Crippen LogP contribution in [0.2, 0.25) is 0 Å². The molecule has 1 aromatic heterocycles. The number of ether oxygens (including phenoxy) is 5. The molecule has 2 atom stereocenters. The SMILES string of the molecule is CC(C)OC(=O)OCOP(=O)(OCOC(=O)OC(C)C)OCC1CCC(n2ccc(=O)[nH]c2=O)O1. The third kappa shape index (κ3) is 10.2. The van der Waals surface area contributed by atoms with Gasteiger partial charge in [0.25, 0.3) is 5.56 Å². The highest BCUT2D eigenvalue weighted by molar-refractivity contribution is 7.48. The zero-order chi connectivity index (χ0) is 26.0. The molecule has 1 fully saturated rings. The third-order valence-corrected chi connectivity index (χ3v) is 5.41. The second kappa shape index (κ2) is 13.4. The van der Waals surface area contributed by atoms with Gasteiger partial charge in [0.05, 0.1) is 24.9 Å². The van der Waals surface area contributed by atoms with E-state index in [4.69, 9.17) is 27.8 Å². The third-order valence-electron chi connectivity index (χ3n) is 4.10. The van der Waals surface area contributed by atoms with Gasteiger partial charge in [-0.05, 0) is 40.5 Å². The summed E-state index contributed by atoms with van der Waals surface area (Å²) in [6.45, 7) is 4.40. The Balaban J connectivity index is 1.93. The van der Waals surface area contributed by atoms with Gasteiger partial charge in [0.15, 0.2) is 0 Å². The van der Waals surface area contributed by atoms with Crippen molar-refractivity contribution >= 4 is 20.1 Å². The normalized spacial score (nSPS) is 18.0. The van der Waals surface area contributed by atoms with Crippen molar-refractivity contribution in [3.05, 3.63) is 33.1 Å². The molecule has 0 bridgehead atoms. The number of nitrogens with one attached hydrogen (secondary N) is 1. The molecular formula is C19H29N2O13P. The molecule has 15 nitrogen and oxygen atoms in total. The summed E-state index contributed by atoms with van der Waals surface area (Å²) in [6.07, 6.45) is -2.25. The lowest BCUT2D eigenvalue weighted by molar-refractivity contribution is -0.0588. The number of carbonyl (C=O) groups is 2. The van der Waals surface area contributed by atoms with Gasteiger partial charge in [-0.1, -0.05) is 0 Å². The number of carbonyl (C=O) groups excluding carboxylic acids is 2. The maximum Gasteiger partial charge on any atom is 0.510 e. The Morgan fingerprint density at radius 3 is 2.11 bits per heavy atom. The largest absolute Gasteiger partial charge is 0.510 e. The van der Waals surface area contributed by atoms with Crippen LogP contribution in [0, 0.1) is 0 Å². The Kier molecular flexibility index (Phi) is 10.9. The van der Waals surface area contributed by atoms with Crippen LogP contribution in [0.25, 0.3) is 0 Å². The summed E-state index contributed by atoms with van der Waals surface area (Å²) in [4.78, 5) is 48.3. The van der Waals surface area contributed by atoms with Crippen LogP contribution in [0.1, 0.15) is 46.8 Å². The smallest absolute Gasteiger partial charge is 0.432 e. The predicted molar refractivity (Wildman–Crippen MR) is 115 cm³/mol. The van der Waals surface area contributed by atoms with E-state index in [-0.39, 0.29) is 6.61 Å². The highest BCUT2D eigenvalue weighted by Crippen LogP contribution is 2.50. The van der Waals surface area contributed by atoms with Gasteiger partial charge in [-0.3, -0.25) is 18.9 Å². The number of aromatic nitrogens is 2. The van der Waals surface area contributed by atoms with E-state index in [9.17, 15) is 23.7 Å². The van der Waals surface area contributed by atoms with Crippen LogP contribution in [0.5, 0.6) is 0 Å². The number of aromatic amines is 1. The van der Waals surface area contributed by atoms with Gasteiger partial charge < -0.3 is 23.7 Å². The molecule has 2 unspecified atom stereocenters. The van der Waals surface area contributed by atoms with Crippen LogP contribution in [0.3, 0.4) is 0 Å². The fourth-order valence-electron chi connectivity index (χ4n) is 2.69. The van der Waals surface area contributed by atoms with Crippen molar-refractivity contribution in [2.24, 2.45) is 0 Å². The second-order valence-electron chi connectivity index (χ2n) is 7.67. The van der Waals surface area contributed by atoms with Gasteiger partial charge in [-0.2, -0.15) is 0 Å². The monoisotopic (exact) mass is 524 g/mol. The Bertz CT molecular complexity index is 973. The minimum atomic E-state index is -4.42. The minimum Gasteiger partial charge on any atom is -0.432 e. The van der Waals surface area contributed by atoms with E-state index >= 15 is 0 Å². The maximum absolute atomic E-state index is 12.9. The molecule has 0 aromatic carbocycles. The number of phosphoric acid groups is 1. The van der Waals surface area contributed by atoms with Gasteiger partial charge in [-0.15, -0.1) is 0 Å². The topological polar surface area (TPSA) is 180 Å². The van der Waals surface area contributed by atoms with Crippen LogP contribution in [0.4, 0.5) is 9.59 Å². The fourth-order valence-corrected chi connectivity index (χ4v) is 3.62. The first-order chi connectivity index (χ1) is 16.5. The molecule has 1 aliphatic rings. The molecule has 16 heteroatoms. The zero-order valence-corrected chi connectivity index (χ0v) is 20.6. The number of phosphoric ester groups is 1. The van der Waals surface area contributed by atoms with Gasteiger partial charge >= 0.3 is 25.8 Å². The molecule has 2 rings (SSSR count). The second-order valence-corrected chi connectivity index (χ2v) is 9.34. The number of hydrogen-bond donors (Lipinski definition) is 1. The van der Waals surface area contributed by atoms with Gasteiger partial charge in [-0.25, -0.2) is 28.0 Å². The fraction of sp³-hybridized carbons (Fsp3) is 0.684. The summed E-state index contributed by atoms with van der Waals surface area (Å²) in [6, 6.07) is 1.18. The first-order valence-electron chi connectivity index (χ1n) is 10.6. The number of H-pyrrole nitrogens is 1. The maximum atomic E-state index is 12.9. The zero-order valence-electron chi connectivity index (χ0n) is 19.7. The highest BCUT2D eigenvalue weighted by Gasteiger charge is 2.34. The van der Waals surface area contributed by atoms with E-state index in [2.05, 4.69) is 14.5 Å². The summed E-state index contributed by atoms with van der Waals surface area (Å²) >= 11 is 0. The Morgan fingerprint density at radius 2 is 1.60 bits per heavy atom. The first kappa shape index (κ1) is 28.5. The molecule has 1 aliphatic heterocycles. The van der Waals surface area contributed by atoms with E-state index in [1.165, 1.54) is 16.8 Å². The van der Waals surface area contributed by atoms with Crippen molar-refractivity contribution in [2.75, 3.05) is 20.2 Å². The van der Waals surface area contributed by atoms with Crippen molar-refractivity contribution in [3.8, 4) is 0 Å². The first-order valence-corrected chi connectivity index (χ1v) is 12.1. The molecule has 0 amide bonds. The number of nitrogens with zero attached hydrogens (tertiary/aromatic N) is 1. The van der Waals surface area contributed by atoms with Crippen molar-refractivity contribution in [2.45, 2.75) is 65.1 Å². The van der Waals surface area contributed by atoms with Crippen molar-refractivity contribution < 1.29 is 51.4 Å². The summed E-state index contributed by atoms with van der Waals surface area (Å²) in [5, 5.41) is 0. The van der Waals surface area contributed by atoms with Crippen molar-refractivity contribution in [1.82, 2.24) is 9.55 Å². The molecule has 1 saturated heterocycles. The van der Waals surface area contributed by atoms with Gasteiger partial charge in [0.2, 0.25) is 13.6 Å². The Morgan fingerprint density at radius 1 is 1.03 bits per heavy atom. The van der Waals surface area contributed by atoms with E-state index in [0.29, 0.717) is 12.8 Å². The molecule has 0 radical (unpaired) electrons. The average Bonchev–Trinajstić information content (AvgIpc) is 3.20. The minimum absolute atomic E-state index is 0.307. The molecule has 198 valence electrons. The van der Waals surface area contributed by atoms with Crippen LogP contribution < -0.4 is 11.2 Å². The van der Waals surface area contributed by atoms with Crippen molar-refractivity contribution in [1.29, 1.82) is 0 Å². The van der Waals surface area contributed by atoms with E-state index in [1.54, 1.807) is 27.7 Å². The van der Waals surface area contributed by atoms with Gasteiger partial charge in [0, 0.05) is 12.3 Å². The Hall–Kier alpha value is -2.71. The number of hydrogen-bond acceptors (Lipinski definition) is 13. The molecule has 0 saturated carbocycles. The summed E-state index contributed by atoms with van der Waals surface area (Å²) in [5.74, 6) is 0. The lowest BCUT2D eigenvalue weighted by Crippen LogP contribution is -2.31. The molecule has 1 N–H and O–H groups in total. The number of rotatable bonds is 12. The van der Waals surface area contributed by atoms with Crippen LogP contribution in [0.15, 0.2) is 21.9 Å². The predicted octanol–water partition coefficient (Wildman–Crippen LogP) is 2.41. The molecule has 0 spiro atoms. The van der Waals surface area contributed by atoms with Gasteiger partial charge in [0.1, 0.15) is 6.23 Å². The molecule has 2 heterocycles.